The second kappa shape index (κ2) is 7.01. The van der Waals surface area contributed by atoms with E-state index in [4.69, 9.17) is 5.73 Å². The lowest BCUT2D eigenvalue weighted by Crippen LogP contribution is -2.31. The Bertz CT molecular complexity index is 1080. The van der Waals surface area contributed by atoms with Crippen LogP contribution in [-0.2, 0) is 17.9 Å². The maximum Gasteiger partial charge on any atom is 0.327 e. The van der Waals surface area contributed by atoms with Crippen LogP contribution in [0.25, 0.3) is 22.0 Å². The number of amides is 3. The number of benzene rings is 2. The van der Waals surface area contributed by atoms with Crippen molar-refractivity contribution < 1.29 is 14.0 Å². The van der Waals surface area contributed by atoms with Gasteiger partial charge in [0.15, 0.2) is 0 Å². The van der Waals surface area contributed by atoms with Crippen LogP contribution in [0, 0.1) is 5.82 Å². The molecule has 0 bridgehead atoms. The van der Waals surface area contributed by atoms with E-state index in [1.165, 1.54) is 21.9 Å². The zero-order chi connectivity index (χ0) is 19.8. The minimum atomic E-state index is -0.305. The molecule has 28 heavy (non-hydrogen) atoms. The summed E-state index contributed by atoms with van der Waals surface area (Å²) in [5.74, 6) is -0.517. The summed E-state index contributed by atoms with van der Waals surface area (Å²) in [7, 11) is 1.60. The molecule has 0 saturated carbocycles. The molecule has 6 nitrogen and oxygen atoms in total. The molecule has 3 aromatic rings. The van der Waals surface area contributed by atoms with Crippen molar-refractivity contribution in [3.8, 4) is 11.1 Å². The van der Waals surface area contributed by atoms with Crippen LogP contribution in [0.15, 0.2) is 48.5 Å². The number of nitrogens with zero attached hydrogens (tertiary/aromatic N) is 3. The van der Waals surface area contributed by atoms with Crippen molar-refractivity contribution in [1.29, 1.82) is 0 Å². The van der Waals surface area contributed by atoms with E-state index in [-0.39, 0.29) is 37.4 Å². The Morgan fingerprint density at radius 2 is 1.86 bits per heavy atom. The van der Waals surface area contributed by atoms with Crippen LogP contribution in [0.5, 0.6) is 0 Å². The van der Waals surface area contributed by atoms with Crippen LogP contribution >= 0.6 is 0 Å². The molecular formula is C21H19FN4O2. The number of halogens is 1. The quantitative estimate of drug-likeness (QED) is 0.708. The van der Waals surface area contributed by atoms with Gasteiger partial charge in [0.2, 0.25) is 0 Å². The first-order valence-corrected chi connectivity index (χ1v) is 8.90. The monoisotopic (exact) mass is 378 g/mol. The predicted octanol–water partition coefficient (Wildman–Crippen LogP) is 2.89. The Morgan fingerprint density at radius 1 is 1.11 bits per heavy atom. The highest BCUT2D eigenvalue weighted by Gasteiger charge is 2.33. The molecule has 1 aromatic heterocycles. The fraction of sp³-hybridized carbons (Fsp3) is 0.190. The van der Waals surface area contributed by atoms with E-state index >= 15 is 0 Å². The van der Waals surface area contributed by atoms with Gasteiger partial charge in [-0.05, 0) is 41.0 Å². The van der Waals surface area contributed by atoms with Gasteiger partial charge in [-0.15, -0.1) is 0 Å². The smallest absolute Gasteiger partial charge is 0.325 e. The van der Waals surface area contributed by atoms with Crippen molar-refractivity contribution in [3.05, 3.63) is 65.6 Å². The third kappa shape index (κ3) is 3.20. The Balaban J connectivity index is 1.76. The maximum absolute atomic E-state index is 13.3. The lowest BCUT2D eigenvalue weighted by Gasteiger charge is -2.15. The number of nitrogens with two attached hydrogens (primary N) is 1. The number of aromatic nitrogens is 1. The van der Waals surface area contributed by atoms with E-state index in [1.54, 1.807) is 19.2 Å². The van der Waals surface area contributed by atoms with Gasteiger partial charge in [-0.3, -0.25) is 14.7 Å². The van der Waals surface area contributed by atoms with Crippen LogP contribution in [-0.4, -0.2) is 40.3 Å². The van der Waals surface area contributed by atoms with E-state index in [0.29, 0.717) is 11.2 Å². The van der Waals surface area contributed by atoms with E-state index in [9.17, 15) is 14.0 Å². The number of likely N-dealkylation sites (N-methyl/N-ethyl adjacent to an activating group) is 1. The van der Waals surface area contributed by atoms with E-state index in [0.717, 1.165) is 22.1 Å². The number of fused-ring (bicyclic) bond motifs is 1. The number of carbonyl (C=O) groups is 2. The van der Waals surface area contributed by atoms with Gasteiger partial charge >= 0.3 is 6.03 Å². The van der Waals surface area contributed by atoms with Gasteiger partial charge in [-0.1, -0.05) is 24.3 Å². The third-order valence-electron chi connectivity index (χ3n) is 4.86. The SMILES string of the molecule is CN1CC(=O)N(Cc2ccc3c(-c4ccc(F)cc4)cc(CN)nc3c2)C1=O. The van der Waals surface area contributed by atoms with Crippen molar-refractivity contribution >= 4 is 22.8 Å². The van der Waals surface area contributed by atoms with Crippen LogP contribution in [0.1, 0.15) is 11.3 Å². The first-order chi connectivity index (χ1) is 13.5. The summed E-state index contributed by atoms with van der Waals surface area (Å²) in [4.78, 5) is 31.4. The molecule has 2 N–H and O–H groups in total. The van der Waals surface area contributed by atoms with E-state index in [1.807, 2.05) is 24.3 Å². The summed E-state index contributed by atoms with van der Waals surface area (Å²) in [5, 5.41) is 0.892. The lowest BCUT2D eigenvalue weighted by molar-refractivity contribution is -0.125. The highest BCUT2D eigenvalue weighted by atomic mass is 19.1. The minimum Gasteiger partial charge on any atom is -0.325 e. The molecule has 7 heteroatoms. The van der Waals surface area contributed by atoms with Gasteiger partial charge in [-0.2, -0.15) is 0 Å². The molecule has 3 amide bonds. The van der Waals surface area contributed by atoms with Gasteiger partial charge < -0.3 is 10.6 Å². The predicted molar refractivity (Wildman–Crippen MR) is 104 cm³/mol. The van der Waals surface area contributed by atoms with Gasteiger partial charge in [0.25, 0.3) is 5.91 Å². The molecule has 142 valence electrons. The average molecular weight is 378 g/mol. The Kier molecular flexibility index (Phi) is 4.52. The number of pyridine rings is 1. The molecule has 4 rings (SSSR count). The van der Waals surface area contributed by atoms with Gasteiger partial charge in [0.1, 0.15) is 12.4 Å². The molecule has 1 aliphatic rings. The fourth-order valence-electron chi connectivity index (χ4n) is 3.41. The number of carbonyl (C=O) groups excluding carboxylic acids is 2. The van der Waals surface area contributed by atoms with E-state index < -0.39 is 0 Å². The van der Waals surface area contributed by atoms with Crippen LogP contribution in [0.3, 0.4) is 0 Å². The van der Waals surface area contributed by atoms with Crippen LogP contribution in [0.4, 0.5) is 9.18 Å². The van der Waals surface area contributed by atoms with Crippen molar-refractivity contribution in [2.45, 2.75) is 13.1 Å². The first-order valence-electron chi connectivity index (χ1n) is 8.90. The Labute approximate surface area is 161 Å². The van der Waals surface area contributed by atoms with Gasteiger partial charge in [-0.25, -0.2) is 9.18 Å². The summed E-state index contributed by atoms with van der Waals surface area (Å²) in [6, 6.07) is 13.5. The Hall–Kier alpha value is -3.32. The lowest BCUT2D eigenvalue weighted by atomic mass is 9.98. The third-order valence-corrected chi connectivity index (χ3v) is 4.86. The molecule has 1 fully saturated rings. The maximum atomic E-state index is 13.3. The van der Waals surface area contributed by atoms with Crippen molar-refractivity contribution in [3.63, 3.8) is 0 Å². The zero-order valence-electron chi connectivity index (χ0n) is 15.4. The number of imide groups is 1. The summed E-state index contributed by atoms with van der Waals surface area (Å²) in [6.45, 7) is 0.553. The van der Waals surface area contributed by atoms with Crippen molar-refractivity contribution in [2.24, 2.45) is 5.73 Å². The summed E-state index contributed by atoms with van der Waals surface area (Å²) < 4.78 is 13.3. The van der Waals surface area contributed by atoms with Crippen LogP contribution < -0.4 is 5.73 Å². The molecule has 0 radical (unpaired) electrons. The molecule has 1 aliphatic heterocycles. The molecule has 2 heterocycles. The highest BCUT2D eigenvalue weighted by molar-refractivity contribution is 6.02. The largest absolute Gasteiger partial charge is 0.327 e. The van der Waals surface area contributed by atoms with Crippen molar-refractivity contribution in [1.82, 2.24) is 14.8 Å². The number of urea groups is 1. The average Bonchev–Trinajstić information content (AvgIpc) is 2.93. The fourth-order valence-corrected chi connectivity index (χ4v) is 3.41. The zero-order valence-corrected chi connectivity index (χ0v) is 15.4. The number of rotatable bonds is 4. The van der Waals surface area contributed by atoms with E-state index in [2.05, 4.69) is 4.98 Å². The second-order valence-electron chi connectivity index (χ2n) is 6.84. The molecule has 0 aliphatic carbocycles. The molecule has 0 unspecified atom stereocenters. The molecule has 0 atom stereocenters. The number of hydrogen-bond donors (Lipinski definition) is 1. The molecule has 0 spiro atoms. The standard InChI is InChI=1S/C21H19FN4O2/c1-25-12-20(27)26(21(25)28)11-13-2-7-17-18(14-3-5-15(22)6-4-14)9-16(10-23)24-19(17)8-13/h2-9H,10-12,23H2,1H3. The molecular weight excluding hydrogens is 359 g/mol. The minimum absolute atomic E-state index is 0.0939. The van der Waals surface area contributed by atoms with Gasteiger partial charge in [0.05, 0.1) is 17.8 Å². The number of hydrogen-bond acceptors (Lipinski definition) is 4. The normalized spacial score (nSPS) is 14.4. The highest BCUT2D eigenvalue weighted by Crippen LogP contribution is 2.30. The first kappa shape index (κ1) is 18.1. The van der Waals surface area contributed by atoms with Crippen molar-refractivity contribution in [2.75, 3.05) is 13.6 Å². The Morgan fingerprint density at radius 3 is 2.50 bits per heavy atom. The molecule has 2 aromatic carbocycles. The topological polar surface area (TPSA) is 79.5 Å². The summed E-state index contributed by atoms with van der Waals surface area (Å²) in [6.07, 6.45) is 0. The van der Waals surface area contributed by atoms with Crippen LogP contribution in [0.2, 0.25) is 0 Å². The summed E-state index contributed by atoms with van der Waals surface area (Å²) in [5.41, 5.74) is 9.80. The molecule has 1 saturated heterocycles. The summed E-state index contributed by atoms with van der Waals surface area (Å²) >= 11 is 0. The second-order valence-corrected chi connectivity index (χ2v) is 6.84. The van der Waals surface area contributed by atoms with Gasteiger partial charge in [0, 0.05) is 19.0 Å².